The van der Waals surface area contributed by atoms with Gasteiger partial charge in [-0.3, -0.25) is 4.79 Å². The van der Waals surface area contributed by atoms with Crippen LogP contribution in [0.15, 0.2) is 6.20 Å². The van der Waals surface area contributed by atoms with E-state index in [1.54, 1.807) is 6.20 Å². The number of nitrogens with one attached hydrogen (secondary N) is 1. The molecule has 1 aliphatic rings. The molecular formula is C17H28N4O. The Morgan fingerprint density at radius 2 is 2.14 bits per heavy atom. The number of carbonyl (C=O) groups excluding carboxylic acids is 1. The summed E-state index contributed by atoms with van der Waals surface area (Å²) in [5.41, 5.74) is 1.34. The molecule has 0 bridgehead atoms. The predicted molar refractivity (Wildman–Crippen MR) is 88.0 cm³/mol. The zero-order valence-electron chi connectivity index (χ0n) is 14.4. The Labute approximate surface area is 133 Å². The van der Waals surface area contributed by atoms with E-state index < -0.39 is 0 Å². The molecule has 0 unspecified atom stereocenters. The summed E-state index contributed by atoms with van der Waals surface area (Å²) in [6.45, 7) is 13.3. The van der Waals surface area contributed by atoms with Crippen molar-refractivity contribution < 1.29 is 4.79 Å². The van der Waals surface area contributed by atoms with Gasteiger partial charge in [-0.05, 0) is 39.7 Å². The van der Waals surface area contributed by atoms with Gasteiger partial charge in [-0.1, -0.05) is 13.8 Å². The van der Waals surface area contributed by atoms with Crippen molar-refractivity contribution >= 4 is 5.91 Å². The van der Waals surface area contributed by atoms with Crippen LogP contribution in [0.5, 0.6) is 0 Å². The van der Waals surface area contributed by atoms with Crippen LogP contribution in [0.4, 0.5) is 0 Å². The molecule has 0 saturated carbocycles. The molecule has 0 aliphatic carbocycles. The van der Waals surface area contributed by atoms with Crippen molar-refractivity contribution in [2.45, 2.75) is 53.0 Å². The molecule has 22 heavy (non-hydrogen) atoms. The third kappa shape index (κ3) is 4.03. The topological polar surface area (TPSA) is 58.1 Å². The van der Waals surface area contributed by atoms with E-state index in [0.29, 0.717) is 17.5 Å². The highest BCUT2D eigenvalue weighted by Gasteiger charge is 2.24. The summed E-state index contributed by atoms with van der Waals surface area (Å²) in [5, 5.41) is 3.04. The average Bonchev–Trinajstić information content (AvgIpc) is 2.93. The van der Waals surface area contributed by atoms with Gasteiger partial charge in [-0.25, -0.2) is 9.97 Å². The second-order valence-corrected chi connectivity index (χ2v) is 6.84. The number of carbonyl (C=O) groups is 1. The molecule has 1 aromatic rings. The molecule has 1 amide bonds. The molecule has 1 fully saturated rings. The van der Waals surface area contributed by atoms with E-state index in [2.05, 4.69) is 47.9 Å². The maximum absolute atomic E-state index is 12.3. The molecule has 2 rings (SSSR count). The first-order valence-electron chi connectivity index (χ1n) is 8.24. The van der Waals surface area contributed by atoms with Crippen LogP contribution in [-0.2, 0) is 0 Å². The number of hydrogen-bond donors (Lipinski definition) is 1. The predicted octanol–water partition coefficient (Wildman–Crippen LogP) is 2.37. The standard InChI is InChI=1S/C17H28N4O/c1-11(2)16-18-9-15(13(5)20-16)17(22)19-8-14-6-7-21(10-14)12(3)4/h9,11-12,14H,6-8,10H2,1-5H3,(H,19,22)/t14-/m0/s1. The van der Waals surface area contributed by atoms with Crippen molar-refractivity contribution in [3.05, 3.63) is 23.3 Å². The van der Waals surface area contributed by atoms with Gasteiger partial charge in [0.25, 0.3) is 5.91 Å². The normalized spacial score (nSPS) is 19.1. The first-order valence-corrected chi connectivity index (χ1v) is 8.24. The minimum absolute atomic E-state index is 0.0594. The number of rotatable bonds is 5. The summed E-state index contributed by atoms with van der Waals surface area (Å²) in [7, 11) is 0. The Hall–Kier alpha value is -1.49. The molecule has 0 radical (unpaired) electrons. The number of hydrogen-bond acceptors (Lipinski definition) is 4. The highest BCUT2D eigenvalue weighted by molar-refractivity contribution is 5.94. The van der Waals surface area contributed by atoms with Crippen molar-refractivity contribution in [2.24, 2.45) is 5.92 Å². The van der Waals surface area contributed by atoms with E-state index >= 15 is 0 Å². The number of nitrogens with zero attached hydrogens (tertiary/aromatic N) is 3. The monoisotopic (exact) mass is 304 g/mol. The van der Waals surface area contributed by atoms with Crippen molar-refractivity contribution in [3.8, 4) is 0 Å². The molecule has 0 aromatic carbocycles. The maximum Gasteiger partial charge on any atom is 0.254 e. The Morgan fingerprint density at radius 3 is 2.68 bits per heavy atom. The van der Waals surface area contributed by atoms with Gasteiger partial charge < -0.3 is 10.2 Å². The van der Waals surface area contributed by atoms with Crippen molar-refractivity contribution in [2.75, 3.05) is 19.6 Å². The van der Waals surface area contributed by atoms with E-state index in [-0.39, 0.29) is 11.8 Å². The van der Waals surface area contributed by atoms with Gasteiger partial charge >= 0.3 is 0 Å². The molecule has 1 atom stereocenters. The lowest BCUT2D eigenvalue weighted by atomic mass is 10.1. The molecule has 1 aliphatic heterocycles. The van der Waals surface area contributed by atoms with Gasteiger partial charge in [-0.2, -0.15) is 0 Å². The molecule has 2 heterocycles. The third-order valence-corrected chi connectivity index (χ3v) is 4.36. The summed E-state index contributed by atoms with van der Waals surface area (Å²) in [6.07, 6.45) is 2.81. The largest absolute Gasteiger partial charge is 0.352 e. The number of likely N-dealkylation sites (tertiary alicyclic amines) is 1. The second-order valence-electron chi connectivity index (χ2n) is 6.84. The van der Waals surface area contributed by atoms with Crippen molar-refractivity contribution in [1.82, 2.24) is 20.2 Å². The first-order chi connectivity index (χ1) is 10.4. The van der Waals surface area contributed by atoms with Crippen LogP contribution in [0, 0.1) is 12.8 Å². The van der Waals surface area contributed by atoms with Gasteiger partial charge in [-0.15, -0.1) is 0 Å². The quantitative estimate of drug-likeness (QED) is 0.907. The highest BCUT2D eigenvalue weighted by atomic mass is 16.1. The SMILES string of the molecule is Cc1nc(C(C)C)ncc1C(=O)NC[C@@H]1CCN(C(C)C)C1. The summed E-state index contributed by atoms with van der Waals surface area (Å²) in [4.78, 5) is 23.5. The Bertz CT molecular complexity index is 527. The smallest absolute Gasteiger partial charge is 0.254 e. The van der Waals surface area contributed by atoms with Crippen LogP contribution in [0.3, 0.4) is 0 Å². The molecule has 5 nitrogen and oxygen atoms in total. The lowest BCUT2D eigenvalue weighted by Gasteiger charge is -2.20. The van der Waals surface area contributed by atoms with Crippen LogP contribution < -0.4 is 5.32 Å². The van der Waals surface area contributed by atoms with Gasteiger partial charge in [0, 0.05) is 31.2 Å². The minimum Gasteiger partial charge on any atom is -0.352 e. The molecule has 0 spiro atoms. The average molecular weight is 304 g/mol. The third-order valence-electron chi connectivity index (χ3n) is 4.36. The fraction of sp³-hybridized carbons (Fsp3) is 0.706. The maximum atomic E-state index is 12.3. The number of aryl methyl sites for hydroxylation is 1. The van der Waals surface area contributed by atoms with Crippen LogP contribution in [0.2, 0.25) is 0 Å². The summed E-state index contributed by atoms with van der Waals surface area (Å²) in [5.74, 6) is 1.55. The fourth-order valence-electron chi connectivity index (χ4n) is 2.82. The second kappa shape index (κ2) is 7.18. The van der Waals surface area contributed by atoms with Gasteiger partial charge in [0.1, 0.15) is 5.82 Å². The highest BCUT2D eigenvalue weighted by Crippen LogP contribution is 2.18. The van der Waals surface area contributed by atoms with E-state index in [1.165, 1.54) is 0 Å². The Kier molecular flexibility index (Phi) is 5.51. The van der Waals surface area contributed by atoms with E-state index in [1.807, 2.05) is 6.92 Å². The Morgan fingerprint density at radius 1 is 1.41 bits per heavy atom. The molecule has 1 aromatic heterocycles. The van der Waals surface area contributed by atoms with E-state index in [4.69, 9.17) is 0 Å². The minimum atomic E-state index is -0.0594. The van der Waals surface area contributed by atoms with Crippen LogP contribution >= 0.6 is 0 Å². The van der Waals surface area contributed by atoms with E-state index in [0.717, 1.165) is 37.6 Å². The molecular weight excluding hydrogens is 276 g/mol. The zero-order valence-corrected chi connectivity index (χ0v) is 14.4. The van der Waals surface area contributed by atoms with Crippen molar-refractivity contribution in [3.63, 3.8) is 0 Å². The number of amides is 1. The summed E-state index contributed by atoms with van der Waals surface area (Å²) < 4.78 is 0. The lowest BCUT2D eigenvalue weighted by molar-refractivity contribution is 0.0945. The molecule has 1 N–H and O–H groups in total. The number of aromatic nitrogens is 2. The van der Waals surface area contributed by atoms with Crippen LogP contribution in [0.1, 0.15) is 61.9 Å². The lowest BCUT2D eigenvalue weighted by Crippen LogP contribution is -2.33. The Balaban J connectivity index is 1.90. The molecule has 122 valence electrons. The molecule has 1 saturated heterocycles. The fourth-order valence-corrected chi connectivity index (χ4v) is 2.82. The summed E-state index contributed by atoms with van der Waals surface area (Å²) >= 11 is 0. The van der Waals surface area contributed by atoms with Gasteiger partial charge in [0.15, 0.2) is 0 Å². The van der Waals surface area contributed by atoms with Crippen LogP contribution in [-0.4, -0.2) is 46.5 Å². The summed E-state index contributed by atoms with van der Waals surface area (Å²) in [6, 6.07) is 0.583. The van der Waals surface area contributed by atoms with Gasteiger partial charge in [0.05, 0.1) is 11.3 Å². The first kappa shape index (κ1) is 16.9. The van der Waals surface area contributed by atoms with Gasteiger partial charge in [0.2, 0.25) is 0 Å². The van der Waals surface area contributed by atoms with Crippen molar-refractivity contribution in [1.29, 1.82) is 0 Å². The van der Waals surface area contributed by atoms with E-state index in [9.17, 15) is 4.79 Å². The van der Waals surface area contributed by atoms with Crippen LogP contribution in [0.25, 0.3) is 0 Å². The zero-order chi connectivity index (χ0) is 16.3. The molecule has 5 heteroatoms.